The van der Waals surface area contributed by atoms with E-state index in [0.29, 0.717) is 28.9 Å². The number of amides is 2. The van der Waals surface area contributed by atoms with Crippen LogP contribution in [0.4, 0.5) is 5.69 Å². The zero-order valence-corrected chi connectivity index (χ0v) is 14.4. The lowest BCUT2D eigenvalue weighted by Crippen LogP contribution is -2.26. The molecule has 0 aliphatic carbocycles. The van der Waals surface area contributed by atoms with Gasteiger partial charge in [-0.25, -0.2) is 0 Å². The van der Waals surface area contributed by atoms with E-state index in [4.69, 9.17) is 11.0 Å². The van der Waals surface area contributed by atoms with Gasteiger partial charge in [0.15, 0.2) is 0 Å². The van der Waals surface area contributed by atoms with Crippen LogP contribution in [-0.4, -0.2) is 30.3 Å². The summed E-state index contributed by atoms with van der Waals surface area (Å²) in [4.78, 5) is 26.2. The lowest BCUT2D eigenvalue weighted by atomic mass is 9.94. The van der Waals surface area contributed by atoms with Crippen molar-refractivity contribution in [3.05, 3.63) is 65.2 Å². The number of nitrogens with zero attached hydrogens (tertiary/aromatic N) is 2. The van der Waals surface area contributed by atoms with Gasteiger partial charge in [-0.15, -0.1) is 0 Å². The molecule has 0 bridgehead atoms. The molecule has 0 spiro atoms. The number of anilines is 1. The Labute approximate surface area is 151 Å². The highest BCUT2D eigenvalue weighted by Gasteiger charge is 2.32. The van der Waals surface area contributed by atoms with Crippen molar-refractivity contribution in [2.75, 3.05) is 19.3 Å². The number of fused-ring (bicyclic) bond motifs is 1. The minimum absolute atomic E-state index is 0.168. The van der Waals surface area contributed by atoms with E-state index in [0.717, 1.165) is 16.7 Å². The second-order valence-electron chi connectivity index (χ2n) is 6.09. The fraction of sp³-hybridized carbons (Fsp3) is 0.150. The Kier molecular flexibility index (Phi) is 4.46. The summed E-state index contributed by atoms with van der Waals surface area (Å²) < 4.78 is 0. The zero-order valence-electron chi connectivity index (χ0n) is 14.4. The molecule has 2 aromatic carbocycles. The Balaban J connectivity index is 2.06. The van der Waals surface area contributed by atoms with E-state index < -0.39 is 0 Å². The van der Waals surface area contributed by atoms with Crippen molar-refractivity contribution in [2.24, 2.45) is 0 Å². The first-order valence-corrected chi connectivity index (χ1v) is 8.07. The summed E-state index contributed by atoms with van der Waals surface area (Å²) in [5, 5.41) is 11.5. The van der Waals surface area contributed by atoms with Crippen molar-refractivity contribution in [3.63, 3.8) is 0 Å². The van der Waals surface area contributed by atoms with Crippen molar-refractivity contribution in [3.8, 4) is 17.2 Å². The van der Waals surface area contributed by atoms with Crippen molar-refractivity contribution < 1.29 is 9.59 Å². The van der Waals surface area contributed by atoms with Gasteiger partial charge < -0.3 is 16.0 Å². The minimum Gasteiger partial charge on any atom is -0.398 e. The fourth-order valence-electron chi connectivity index (χ4n) is 3.14. The molecular formula is C20H18N4O2. The topological polar surface area (TPSA) is 99.2 Å². The molecule has 1 aliphatic heterocycles. The van der Waals surface area contributed by atoms with Crippen LogP contribution in [0.15, 0.2) is 48.6 Å². The predicted molar refractivity (Wildman–Crippen MR) is 99.2 cm³/mol. The first-order valence-electron chi connectivity index (χ1n) is 8.07. The van der Waals surface area contributed by atoms with Crippen molar-refractivity contribution >= 4 is 17.5 Å². The monoisotopic (exact) mass is 346 g/mol. The molecule has 0 aromatic heterocycles. The number of nitrogens with one attached hydrogen (secondary N) is 1. The van der Waals surface area contributed by atoms with E-state index in [1.807, 2.05) is 18.2 Å². The molecule has 0 saturated carbocycles. The molecule has 26 heavy (non-hydrogen) atoms. The SMILES string of the molecule is C=C(C#N)CN1Cc2c(-c3cccc(C(=O)NC)c3)ccc(N)c2C1=O. The molecule has 3 N–H and O–H groups in total. The molecule has 2 amide bonds. The Hall–Kier alpha value is -3.59. The van der Waals surface area contributed by atoms with E-state index in [9.17, 15) is 9.59 Å². The molecule has 1 aliphatic rings. The van der Waals surface area contributed by atoms with E-state index >= 15 is 0 Å². The highest BCUT2D eigenvalue weighted by molar-refractivity contribution is 6.05. The molecule has 0 unspecified atom stereocenters. The molecule has 3 rings (SSSR count). The maximum atomic E-state index is 12.7. The van der Waals surface area contributed by atoms with Crippen LogP contribution < -0.4 is 11.1 Å². The fourth-order valence-corrected chi connectivity index (χ4v) is 3.14. The second-order valence-corrected chi connectivity index (χ2v) is 6.09. The Morgan fingerprint density at radius 2 is 2.15 bits per heavy atom. The van der Waals surface area contributed by atoms with Gasteiger partial charge in [-0.2, -0.15) is 5.26 Å². The Morgan fingerprint density at radius 3 is 2.85 bits per heavy atom. The van der Waals surface area contributed by atoms with E-state index in [1.54, 1.807) is 36.2 Å². The highest BCUT2D eigenvalue weighted by Crippen LogP contribution is 2.36. The van der Waals surface area contributed by atoms with Gasteiger partial charge in [-0.3, -0.25) is 9.59 Å². The maximum Gasteiger partial charge on any atom is 0.256 e. The smallest absolute Gasteiger partial charge is 0.256 e. The standard InChI is InChI=1S/C20H18N4O2/c1-12(9-21)10-24-11-16-15(6-7-17(22)18(16)20(24)26)13-4-3-5-14(8-13)19(25)23-2/h3-8H,1,10-11,22H2,2H3,(H,23,25). The van der Waals surface area contributed by atoms with Crippen molar-refractivity contribution in [2.45, 2.75) is 6.54 Å². The maximum absolute atomic E-state index is 12.7. The third-order valence-corrected chi connectivity index (χ3v) is 4.40. The lowest BCUT2D eigenvalue weighted by Gasteiger charge is -2.14. The molecule has 0 fully saturated rings. The largest absolute Gasteiger partial charge is 0.398 e. The summed E-state index contributed by atoms with van der Waals surface area (Å²) >= 11 is 0. The molecule has 2 aromatic rings. The van der Waals surface area contributed by atoms with Crippen LogP contribution in [0.1, 0.15) is 26.3 Å². The summed E-state index contributed by atoms with van der Waals surface area (Å²) in [5.41, 5.74) is 10.2. The normalized spacial score (nSPS) is 12.5. The number of nitrogens with two attached hydrogens (primary N) is 1. The van der Waals surface area contributed by atoms with E-state index in [2.05, 4.69) is 11.9 Å². The van der Waals surface area contributed by atoms with Crippen LogP contribution in [0.5, 0.6) is 0 Å². The average molecular weight is 346 g/mol. The Bertz CT molecular complexity index is 972. The number of benzene rings is 2. The molecule has 130 valence electrons. The first-order chi connectivity index (χ1) is 12.5. The van der Waals surface area contributed by atoms with Gasteiger partial charge >= 0.3 is 0 Å². The molecule has 0 radical (unpaired) electrons. The average Bonchev–Trinajstić information content (AvgIpc) is 2.98. The third kappa shape index (κ3) is 2.91. The van der Waals surface area contributed by atoms with Gasteiger partial charge in [0, 0.05) is 30.4 Å². The van der Waals surface area contributed by atoms with E-state index in [-0.39, 0.29) is 18.4 Å². The van der Waals surface area contributed by atoms with Crippen LogP contribution in [0.25, 0.3) is 11.1 Å². The minimum atomic E-state index is -0.210. The molecular weight excluding hydrogens is 328 g/mol. The number of hydrogen-bond donors (Lipinski definition) is 2. The Morgan fingerprint density at radius 1 is 1.38 bits per heavy atom. The number of nitrogen functional groups attached to an aromatic ring is 1. The third-order valence-electron chi connectivity index (χ3n) is 4.40. The predicted octanol–water partition coefficient (Wildman–Crippen LogP) is 2.33. The molecule has 0 atom stereocenters. The van der Waals surface area contributed by atoms with Crippen molar-refractivity contribution in [1.82, 2.24) is 10.2 Å². The van der Waals surface area contributed by atoms with Gasteiger partial charge in [0.1, 0.15) is 0 Å². The van der Waals surface area contributed by atoms with Gasteiger partial charge in [0.2, 0.25) is 0 Å². The summed E-state index contributed by atoms with van der Waals surface area (Å²) in [7, 11) is 1.58. The van der Waals surface area contributed by atoms with Gasteiger partial charge in [0.25, 0.3) is 11.8 Å². The number of carbonyl (C=O) groups excluding carboxylic acids is 2. The lowest BCUT2D eigenvalue weighted by molar-refractivity contribution is 0.0794. The van der Waals surface area contributed by atoms with Crippen molar-refractivity contribution in [1.29, 1.82) is 5.26 Å². The second kappa shape index (κ2) is 6.73. The molecule has 6 nitrogen and oxygen atoms in total. The van der Waals surface area contributed by atoms with Crippen LogP contribution in [0, 0.1) is 11.3 Å². The van der Waals surface area contributed by atoms with Crippen LogP contribution in [0.3, 0.4) is 0 Å². The molecule has 1 heterocycles. The first kappa shape index (κ1) is 17.2. The van der Waals surface area contributed by atoms with Crippen LogP contribution >= 0.6 is 0 Å². The quantitative estimate of drug-likeness (QED) is 0.655. The number of hydrogen-bond acceptors (Lipinski definition) is 4. The van der Waals surface area contributed by atoms with Crippen LogP contribution in [0.2, 0.25) is 0 Å². The van der Waals surface area contributed by atoms with Gasteiger partial charge in [-0.05, 0) is 34.9 Å². The van der Waals surface area contributed by atoms with Gasteiger partial charge in [0.05, 0.1) is 18.2 Å². The highest BCUT2D eigenvalue weighted by atomic mass is 16.2. The zero-order chi connectivity index (χ0) is 18.8. The molecule has 0 saturated heterocycles. The summed E-state index contributed by atoms with van der Waals surface area (Å²) in [6.07, 6.45) is 0. The van der Waals surface area contributed by atoms with Gasteiger partial charge in [-0.1, -0.05) is 24.8 Å². The summed E-state index contributed by atoms with van der Waals surface area (Å²) in [5.74, 6) is -0.389. The number of nitriles is 1. The van der Waals surface area contributed by atoms with Crippen LogP contribution in [-0.2, 0) is 6.54 Å². The summed E-state index contributed by atoms with van der Waals surface area (Å²) in [6, 6.07) is 12.7. The van der Waals surface area contributed by atoms with E-state index in [1.165, 1.54) is 0 Å². The number of carbonyl (C=O) groups is 2. The summed E-state index contributed by atoms with van der Waals surface area (Å²) in [6.45, 7) is 4.16. The number of rotatable bonds is 4. The molecule has 6 heteroatoms.